The topological polar surface area (TPSA) is 93.4 Å². The third-order valence-electron chi connectivity index (χ3n) is 4.72. The zero-order valence-electron chi connectivity index (χ0n) is 16.5. The number of hydrazone groups is 1. The minimum Gasteiger partial charge on any atom is -0.322 e. The summed E-state index contributed by atoms with van der Waals surface area (Å²) >= 11 is 0. The fourth-order valence-corrected chi connectivity index (χ4v) is 3.09. The van der Waals surface area contributed by atoms with Gasteiger partial charge in [-0.05, 0) is 18.6 Å². The molecule has 3 aromatic rings. The Kier molecular flexibility index (Phi) is 6.50. The van der Waals surface area contributed by atoms with Gasteiger partial charge in [-0.3, -0.25) is 15.0 Å². The Balaban J connectivity index is 1.99. The smallest absolute Gasteiger partial charge is 0.299 e. The lowest BCUT2D eigenvalue weighted by Gasteiger charge is -2.29. The maximum atomic E-state index is 15.5. The van der Waals surface area contributed by atoms with Crippen LogP contribution in [-0.4, -0.2) is 27.9 Å². The highest BCUT2D eigenvalue weighted by molar-refractivity contribution is 5.58. The maximum Gasteiger partial charge on any atom is 0.299 e. The highest BCUT2D eigenvalue weighted by Gasteiger charge is 2.45. The fourth-order valence-electron chi connectivity index (χ4n) is 3.09. The van der Waals surface area contributed by atoms with Gasteiger partial charge in [-0.2, -0.15) is 13.9 Å². The Morgan fingerprint density at radius 2 is 1.81 bits per heavy atom. The number of rotatable bonds is 7. The van der Waals surface area contributed by atoms with E-state index in [1.54, 1.807) is 12.1 Å². The summed E-state index contributed by atoms with van der Waals surface area (Å²) in [6.45, 7) is 1.35. The van der Waals surface area contributed by atoms with E-state index in [-0.39, 0.29) is 0 Å². The van der Waals surface area contributed by atoms with Gasteiger partial charge in [0.05, 0.1) is 24.0 Å². The lowest BCUT2D eigenvalue weighted by atomic mass is 9.89. The SMILES string of the molecule is Cc1ccc(-c2cnc(C(F)(F)C(CN(N)/C=N\N)c3ccc(F)cc3F)cn2)cc1. The molecule has 1 atom stereocenters. The van der Waals surface area contributed by atoms with Crippen molar-refractivity contribution in [1.29, 1.82) is 0 Å². The molecular weight excluding hydrogens is 412 g/mol. The Labute approximate surface area is 176 Å². The molecule has 6 nitrogen and oxygen atoms in total. The number of aryl methyl sites for hydroxylation is 1. The van der Waals surface area contributed by atoms with Crippen LogP contribution >= 0.6 is 0 Å². The summed E-state index contributed by atoms with van der Waals surface area (Å²) in [4.78, 5) is 7.95. The molecule has 1 aromatic heterocycles. The summed E-state index contributed by atoms with van der Waals surface area (Å²) in [5.41, 5.74) is 1.03. The number of alkyl halides is 2. The third-order valence-corrected chi connectivity index (χ3v) is 4.72. The summed E-state index contributed by atoms with van der Waals surface area (Å²) < 4.78 is 58.6. The fraction of sp³-hybridized carbons (Fsp3) is 0.190. The summed E-state index contributed by atoms with van der Waals surface area (Å²) in [6.07, 6.45) is 3.06. The standard InChI is InChI=1S/C21H20F4N6/c1-13-2-4-14(5-3-13)19-9-29-20(10-28-19)21(24,25)17(11-31(27)12-30-26)16-7-6-15(22)8-18(16)23/h2-10,12,17H,11,26-27H2,1H3/b30-12-. The van der Waals surface area contributed by atoms with Crippen molar-refractivity contribution in [2.45, 2.75) is 18.8 Å². The molecule has 0 saturated heterocycles. The van der Waals surface area contributed by atoms with Crippen LogP contribution in [0.1, 0.15) is 22.7 Å². The predicted molar refractivity (Wildman–Crippen MR) is 109 cm³/mol. The van der Waals surface area contributed by atoms with Gasteiger partial charge in [0.15, 0.2) is 0 Å². The second-order valence-corrected chi connectivity index (χ2v) is 6.96. The average molecular weight is 432 g/mol. The molecule has 0 aliphatic heterocycles. The Bertz CT molecular complexity index is 1050. The van der Waals surface area contributed by atoms with Crippen molar-refractivity contribution in [2.24, 2.45) is 16.8 Å². The van der Waals surface area contributed by atoms with Crippen LogP contribution in [0.15, 0.2) is 60.0 Å². The third kappa shape index (κ3) is 4.97. The molecule has 1 heterocycles. The largest absolute Gasteiger partial charge is 0.322 e. The molecule has 0 aliphatic rings. The molecule has 0 amide bonds. The van der Waals surface area contributed by atoms with Crippen LogP contribution in [0.25, 0.3) is 11.3 Å². The quantitative estimate of drug-likeness (QED) is 0.195. The van der Waals surface area contributed by atoms with E-state index in [0.717, 1.165) is 35.2 Å². The van der Waals surface area contributed by atoms with Crippen LogP contribution in [0, 0.1) is 18.6 Å². The van der Waals surface area contributed by atoms with Crippen molar-refractivity contribution in [1.82, 2.24) is 15.0 Å². The molecule has 31 heavy (non-hydrogen) atoms. The van der Waals surface area contributed by atoms with Gasteiger partial charge < -0.3 is 5.84 Å². The van der Waals surface area contributed by atoms with Crippen molar-refractivity contribution in [3.8, 4) is 11.3 Å². The zero-order chi connectivity index (χ0) is 22.6. The second kappa shape index (κ2) is 9.09. The molecule has 3 rings (SSSR count). The van der Waals surface area contributed by atoms with Crippen LogP contribution in [0.2, 0.25) is 0 Å². The molecular formula is C21H20F4N6. The molecule has 0 aliphatic carbocycles. The first kappa shape index (κ1) is 22.2. The second-order valence-electron chi connectivity index (χ2n) is 6.96. The molecule has 0 bridgehead atoms. The monoisotopic (exact) mass is 432 g/mol. The van der Waals surface area contributed by atoms with Crippen LogP contribution in [0.5, 0.6) is 0 Å². The summed E-state index contributed by atoms with van der Waals surface area (Å²) in [6, 6.07) is 9.70. The van der Waals surface area contributed by atoms with E-state index in [2.05, 4.69) is 15.1 Å². The van der Waals surface area contributed by atoms with E-state index in [1.165, 1.54) is 6.20 Å². The van der Waals surface area contributed by atoms with E-state index in [9.17, 15) is 8.78 Å². The lowest BCUT2D eigenvalue weighted by Crippen LogP contribution is -2.40. The van der Waals surface area contributed by atoms with Crippen molar-refractivity contribution in [2.75, 3.05) is 6.54 Å². The average Bonchev–Trinajstić information content (AvgIpc) is 2.73. The number of halogens is 4. The van der Waals surface area contributed by atoms with E-state index in [4.69, 9.17) is 11.7 Å². The van der Waals surface area contributed by atoms with E-state index < -0.39 is 41.3 Å². The number of aromatic nitrogens is 2. The molecule has 0 saturated carbocycles. The van der Waals surface area contributed by atoms with Gasteiger partial charge in [0, 0.05) is 18.2 Å². The number of benzene rings is 2. The predicted octanol–water partition coefficient (Wildman–Crippen LogP) is 3.68. The first-order valence-corrected chi connectivity index (χ1v) is 9.19. The van der Waals surface area contributed by atoms with Gasteiger partial charge in [-0.1, -0.05) is 35.9 Å². The first-order valence-electron chi connectivity index (χ1n) is 9.19. The van der Waals surface area contributed by atoms with E-state index >= 15 is 8.78 Å². The molecule has 162 valence electrons. The minimum atomic E-state index is -3.70. The lowest BCUT2D eigenvalue weighted by molar-refractivity contribution is -0.0446. The molecule has 0 radical (unpaired) electrons. The van der Waals surface area contributed by atoms with Crippen molar-refractivity contribution in [3.05, 3.63) is 83.3 Å². The zero-order valence-corrected chi connectivity index (χ0v) is 16.5. The van der Waals surface area contributed by atoms with Gasteiger partial charge in [0.25, 0.3) is 5.92 Å². The number of hydrogen-bond acceptors (Lipinski definition) is 5. The van der Waals surface area contributed by atoms with Crippen LogP contribution in [0.4, 0.5) is 17.6 Å². The van der Waals surface area contributed by atoms with Crippen molar-refractivity contribution >= 4 is 6.34 Å². The molecule has 0 spiro atoms. The Morgan fingerprint density at radius 1 is 1.10 bits per heavy atom. The molecule has 4 N–H and O–H groups in total. The minimum absolute atomic E-state index is 0.403. The van der Waals surface area contributed by atoms with Gasteiger partial charge >= 0.3 is 0 Å². The summed E-state index contributed by atoms with van der Waals surface area (Å²) in [7, 11) is 0. The van der Waals surface area contributed by atoms with Crippen LogP contribution in [-0.2, 0) is 5.92 Å². The molecule has 0 fully saturated rings. The van der Waals surface area contributed by atoms with Gasteiger partial charge in [0.2, 0.25) is 0 Å². The highest BCUT2D eigenvalue weighted by Crippen LogP contribution is 2.42. The molecule has 10 heteroatoms. The Hall–Kier alpha value is -3.53. The number of hydrazine groups is 1. The normalized spacial score (nSPS) is 12.8. The Morgan fingerprint density at radius 3 is 2.39 bits per heavy atom. The molecule has 1 unspecified atom stereocenters. The van der Waals surface area contributed by atoms with Gasteiger partial charge in [-0.15, -0.1) is 0 Å². The molecule has 2 aromatic carbocycles. The number of nitrogens with zero attached hydrogens (tertiary/aromatic N) is 4. The van der Waals surface area contributed by atoms with E-state index in [0.29, 0.717) is 17.3 Å². The maximum absolute atomic E-state index is 15.5. The highest BCUT2D eigenvalue weighted by atomic mass is 19.3. The summed E-state index contributed by atoms with van der Waals surface area (Å²) in [5.74, 6) is 3.09. The van der Waals surface area contributed by atoms with Gasteiger partial charge in [0.1, 0.15) is 23.7 Å². The van der Waals surface area contributed by atoms with Crippen molar-refractivity contribution < 1.29 is 17.6 Å². The van der Waals surface area contributed by atoms with Gasteiger partial charge in [-0.25, -0.2) is 14.6 Å². The van der Waals surface area contributed by atoms with Crippen LogP contribution in [0.3, 0.4) is 0 Å². The first-order chi connectivity index (χ1) is 14.7. The summed E-state index contributed by atoms with van der Waals surface area (Å²) in [5, 5.41) is 3.96. The van der Waals surface area contributed by atoms with E-state index in [1.807, 2.05) is 19.1 Å². The van der Waals surface area contributed by atoms with Crippen LogP contribution < -0.4 is 11.7 Å². The number of hydrogen-bond donors (Lipinski definition) is 2. The van der Waals surface area contributed by atoms with Crippen molar-refractivity contribution in [3.63, 3.8) is 0 Å². The number of nitrogens with two attached hydrogens (primary N) is 2.